The second-order valence-corrected chi connectivity index (χ2v) is 14.8. The van der Waals surface area contributed by atoms with Crippen LogP contribution in [-0.2, 0) is 38.2 Å². The molecule has 3 saturated heterocycles. The Kier molecular flexibility index (Phi) is 11.4. The third-order valence-electron chi connectivity index (χ3n) is 10.1. The van der Waals surface area contributed by atoms with Crippen LogP contribution in [-0.4, -0.2) is 75.8 Å². The summed E-state index contributed by atoms with van der Waals surface area (Å²) in [4.78, 5) is 58.5. The Balaban J connectivity index is 1.06. The van der Waals surface area contributed by atoms with Gasteiger partial charge in [0.2, 0.25) is 11.8 Å². The molecule has 0 bridgehead atoms. The van der Waals surface area contributed by atoms with Crippen molar-refractivity contribution < 1.29 is 41.5 Å². The van der Waals surface area contributed by atoms with E-state index >= 15 is 0 Å². The van der Waals surface area contributed by atoms with E-state index in [-0.39, 0.29) is 53.5 Å². The van der Waals surface area contributed by atoms with Crippen molar-refractivity contribution >= 4 is 57.9 Å². The number of benzene rings is 2. The molecule has 3 aliphatic rings. The first-order valence-corrected chi connectivity index (χ1v) is 18.5. The van der Waals surface area contributed by atoms with Crippen LogP contribution in [0.2, 0.25) is 0 Å². The average molecular weight is 794 g/mol. The molecular weight excluding hydrogens is 755 g/mol. The van der Waals surface area contributed by atoms with Gasteiger partial charge in [0.25, 0.3) is 5.91 Å². The van der Waals surface area contributed by atoms with Crippen LogP contribution in [0.5, 0.6) is 5.75 Å². The van der Waals surface area contributed by atoms with Crippen molar-refractivity contribution in [3.8, 4) is 11.8 Å². The van der Waals surface area contributed by atoms with Crippen molar-refractivity contribution in [1.29, 1.82) is 5.26 Å². The summed E-state index contributed by atoms with van der Waals surface area (Å²) in [5, 5.41) is 14.4. The van der Waals surface area contributed by atoms with E-state index in [2.05, 4.69) is 15.6 Å². The predicted octanol–water partition coefficient (Wildman–Crippen LogP) is 5.46. The number of hydrogen-bond donors (Lipinski definition) is 2. The summed E-state index contributed by atoms with van der Waals surface area (Å²) in [7, 11) is 0. The van der Waals surface area contributed by atoms with Crippen molar-refractivity contribution in [3.63, 3.8) is 0 Å². The number of nitriles is 1. The molecule has 6 rings (SSSR count). The van der Waals surface area contributed by atoms with Gasteiger partial charge in [0, 0.05) is 37.3 Å². The van der Waals surface area contributed by atoms with E-state index in [0.29, 0.717) is 62.0 Å². The molecular formula is C39H39F4N7O5S. The zero-order valence-corrected chi connectivity index (χ0v) is 31.7. The summed E-state index contributed by atoms with van der Waals surface area (Å²) in [6, 6.07) is 11.1. The number of aromatic nitrogens is 1. The van der Waals surface area contributed by atoms with E-state index in [9.17, 15) is 36.7 Å². The average Bonchev–Trinajstić information content (AvgIpc) is 3.33. The van der Waals surface area contributed by atoms with Crippen LogP contribution in [0, 0.1) is 17.1 Å². The normalized spacial score (nSPS) is 19.2. The Bertz CT molecular complexity index is 2130. The lowest BCUT2D eigenvalue weighted by Gasteiger charge is -2.33. The van der Waals surface area contributed by atoms with Gasteiger partial charge in [0.1, 0.15) is 35.3 Å². The fraction of sp³-hybridized carbons (Fsp3) is 0.410. The SMILES string of the molecule is CCc1cc(N2C(=S)N(c3cnc(C#N)c(C(F)(F)F)c3)C(=O)C2(C)C)ccc1OC1CCN(CC(=O)Cc2cc(NC3CCC(=O)NC3=O)ccc2F)CC1. The standard InChI is InChI=1S/C39H39F4N7O5S/c1-4-22-16-25(50-37(56)49(36(54)38(50,2)3)26-18-29(39(41,42)43)32(19-44)45-20-26)6-9-33(22)55-28-11-13-48(14-12-28)21-27(51)17-23-15-24(5-7-30(23)40)46-31-8-10-34(52)47-35(31)53/h5-7,9,15-16,18,20,28,31,46H,4,8,10-14,17,21H2,1-3H3,(H,47,52,53). The minimum Gasteiger partial charge on any atom is -0.490 e. The first-order chi connectivity index (χ1) is 26.5. The number of imide groups is 1. The van der Waals surface area contributed by atoms with E-state index in [1.54, 1.807) is 30.9 Å². The van der Waals surface area contributed by atoms with Gasteiger partial charge in [0.05, 0.1) is 24.0 Å². The molecule has 1 atom stereocenters. The van der Waals surface area contributed by atoms with Crippen molar-refractivity contribution in [2.24, 2.45) is 0 Å². The van der Waals surface area contributed by atoms with Crippen LogP contribution >= 0.6 is 12.2 Å². The lowest BCUT2D eigenvalue weighted by molar-refractivity contribution is -0.138. The summed E-state index contributed by atoms with van der Waals surface area (Å²) >= 11 is 5.67. The molecule has 4 heterocycles. The van der Waals surface area contributed by atoms with E-state index in [1.165, 1.54) is 24.3 Å². The summed E-state index contributed by atoms with van der Waals surface area (Å²) in [5.41, 5.74) is -1.51. The third kappa shape index (κ3) is 8.36. The van der Waals surface area contributed by atoms with Gasteiger partial charge in [-0.15, -0.1) is 0 Å². The summed E-state index contributed by atoms with van der Waals surface area (Å²) in [5.74, 6) is -1.42. The van der Waals surface area contributed by atoms with E-state index in [0.717, 1.165) is 16.7 Å². The highest BCUT2D eigenvalue weighted by molar-refractivity contribution is 7.81. The molecule has 3 aliphatic heterocycles. The lowest BCUT2D eigenvalue weighted by atomic mass is 10.0. The number of piperidine rings is 2. The fourth-order valence-electron chi connectivity index (χ4n) is 7.15. The van der Waals surface area contributed by atoms with Crippen molar-refractivity contribution in [2.75, 3.05) is 34.8 Å². The Labute approximate surface area is 325 Å². The van der Waals surface area contributed by atoms with Crippen molar-refractivity contribution in [3.05, 3.63) is 76.9 Å². The number of carbonyl (C=O) groups is 4. The molecule has 0 spiro atoms. The maximum atomic E-state index is 14.7. The molecule has 1 aromatic heterocycles. The molecule has 0 radical (unpaired) electrons. The minimum atomic E-state index is -4.87. The Morgan fingerprint density at radius 1 is 1.07 bits per heavy atom. The summed E-state index contributed by atoms with van der Waals surface area (Å²) < 4.78 is 62.3. The van der Waals surface area contributed by atoms with Crippen LogP contribution in [0.15, 0.2) is 48.7 Å². The van der Waals surface area contributed by atoms with Crippen molar-refractivity contribution in [2.45, 2.75) is 83.2 Å². The number of thiocarbonyl (C=S) groups is 1. The second-order valence-electron chi connectivity index (χ2n) is 14.4. The number of aryl methyl sites for hydroxylation is 1. The van der Waals surface area contributed by atoms with Crippen LogP contribution in [0.1, 0.15) is 68.8 Å². The highest BCUT2D eigenvalue weighted by Crippen LogP contribution is 2.40. The van der Waals surface area contributed by atoms with Crippen LogP contribution < -0.4 is 25.2 Å². The predicted molar refractivity (Wildman–Crippen MR) is 201 cm³/mol. The van der Waals surface area contributed by atoms with Gasteiger partial charge in [-0.3, -0.25) is 34.3 Å². The van der Waals surface area contributed by atoms with Gasteiger partial charge < -0.3 is 15.0 Å². The molecule has 3 amide bonds. The molecule has 17 heteroatoms. The smallest absolute Gasteiger partial charge is 0.419 e. The Hall–Kier alpha value is -5.47. The number of ether oxygens (including phenoxy) is 1. The number of halogens is 4. The fourth-order valence-corrected chi connectivity index (χ4v) is 7.67. The zero-order valence-electron chi connectivity index (χ0n) is 30.8. The van der Waals surface area contributed by atoms with Crippen LogP contribution in [0.4, 0.5) is 34.6 Å². The number of carbonyl (C=O) groups excluding carboxylic acids is 4. The molecule has 56 heavy (non-hydrogen) atoms. The molecule has 0 saturated carbocycles. The molecule has 3 fully saturated rings. The molecule has 0 aliphatic carbocycles. The van der Waals surface area contributed by atoms with E-state index in [4.69, 9.17) is 22.2 Å². The molecule has 1 unspecified atom stereocenters. The topological polar surface area (TPSA) is 148 Å². The number of ketones is 1. The number of alkyl halides is 3. The summed E-state index contributed by atoms with van der Waals surface area (Å²) in [6.07, 6.45) is -1.80. The Morgan fingerprint density at radius 3 is 2.46 bits per heavy atom. The van der Waals surface area contributed by atoms with Crippen LogP contribution in [0.3, 0.4) is 0 Å². The number of Topliss-reactive ketones (excluding diaryl/α,β-unsaturated/α-hetero) is 1. The quantitative estimate of drug-likeness (QED) is 0.145. The van der Waals surface area contributed by atoms with Gasteiger partial charge in [-0.2, -0.15) is 18.4 Å². The third-order valence-corrected chi connectivity index (χ3v) is 10.5. The van der Waals surface area contributed by atoms with E-state index < -0.39 is 46.6 Å². The molecule has 3 aromatic rings. The van der Waals surface area contributed by atoms with Gasteiger partial charge >= 0.3 is 6.18 Å². The second kappa shape index (κ2) is 15.9. The number of likely N-dealkylation sites (tertiary alicyclic amines) is 1. The number of hydrogen-bond acceptors (Lipinski definition) is 10. The first kappa shape index (κ1) is 40.2. The number of pyridine rings is 1. The number of rotatable bonds is 11. The molecule has 2 aromatic carbocycles. The van der Waals surface area contributed by atoms with Gasteiger partial charge in [0.15, 0.2) is 16.6 Å². The number of nitrogens with zero attached hydrogens (tertiary/aromatic N) is 5. The zero-order chi connectivity index (χ0) is 40.5. The van der Waals surface area contributed by atoms with E-state index in [1.807, 2.05) is 17.9 Å². The highest BCUT2D eigenvalue weighted by atomic mass is 32.1. The number of anilines is 3. The van der Waals surface area contributed by atoms with Gasteiger partial charge in [-0.1, -0.05) is 6.92 Å². The van der Waals surface area contributed by atoms with Crippen LogP contribution in [0.25, 0.3) is 0 Å². The van der Waals surface area contributed by atoms with Gasteiger partial charge in [-0.25, -0.2) is 9.37 Å². The monoisotopic (exact) mass is 793 g/mol. The Morgan fingerprint density at radius 2 is 1.80 bits per heavy atom. The van der Waals surface area contributed by atoms with Gasteiger partial charge in [-0.05, 0) is 105 Å². The molecule has 2 N–H and O–H groups in total. The van der Waals surface area contributed by atoms with Crippen molar-refractivity contribution in [1.82, 2.24) is 15.2 Å². The first-order valence-electron chi connectivity index (χ1n) is 18.1. The maximum absolute atomic E-state index is 14.7. The highest BCUT2D eigenvalue weighted by Gasteiger charge is 2.51. The number of nitrogens with one attached hydrogen (secondary N) is 2. The molecule has 294 valence electrons. The maximum Gasteiger partial charge on any atom is 0.419 e. The number of amides is 3. The minimum absolute atomic E-state index is 0.0448. The largest absolute Gasteiger partial charge is 0.490 e. The summed E-state index contributed by atoms with van der Waals surface area (Å²) in [6.45, 7) is 6.45. The lowest BCUT2D eigenvalue weighted by Crippen LogP contribution is -2.47. The molecule has 12 nitrogen and oxygen atoms in total.